The Bertz CT molecular complexity index is 580. The van der Waals surface area contributed by atoms with Crippen molar-refractivity contribution in [3.05, 3.63) is 33.8 Å². The quantitative estimate of drug-likeness (QED) is 0.731. The Morgan fingerprint density at radius 3 is 2.26 bits per heavy atom. The number of piperidine rings is 1. The van der Waals surface area contributed by atoms with Crippen LogP contribution in [0.1, 0.15) is 24.3 Å². The fourth-order valence-electron chi connectivity index (χ4n) is 3.71. The summed E-state index contributed by atoms with van der Waals surface area (Å²) in [7, 11) is 2.11. The van der Waals surface area contributed by atoms with Crippen LogP contribution in [0.2, 0.25) is 10.0 Å². The molecule has 154 valence electrons. The predicted octanol–water partition coefficient (Wildman–Crippen LogP) is 4.18. The molecule has 0 spiro atoms. The highest BCUT2D eigenvalue weighted by Crippen LogP contribution is 2.39. The van der Waals surface area contributed by atoms with Crippen LogP contribution in [0.5, 0.6) is 0 Å². The summed E-state index contributed by atoms with van der Waals surface area (Å²) in [6.45, 7) is 5.99. The molecule has 2 aliphatic rings. The van der Waals surface area contributed by atoms with Crippen LogP contribution in [0, 0.1) is 0 Å². The van der Waals surface area contributed by atoms with Crippen molar-refractivity contribution < 1.29 is 13.7 Å². The maximum Gasteiger partial charge on any atom is 0.0832 e. The van der Waals surface area contributed by atoms with Crippen LogP contribution in [0.15, 0.2) is 18.2 Å². The number of hydrogen-bond donors (Lipinski definition) is 1. The Labute approximate surface area is 181 Å². The molecule has 1 aromatic carbocycles. The number of halogens is 4. The van der Waals surface area contributed by atoms with Gasteiger partial charge in [0.2, 0.25) is 0 Å². The van der Waals surface area contributed by atoms with Crippen molar-refractivity contribution in [2.45, 2.75) is 24.4 Å². The van der Waals surface area contributed by atoms with Crippen LogP contribution in [0.25, 0.3) is 0 Å². The summed E-state index contributed by atoms with van der Waals surface area (Å²) in [5.41, 5.74) is 0.366. The third-order valence-electron chi connectivity index (χ3n) is 5.39. The van der Waals surface area contributed by atoms with Crippen molar-refractivity contribution >= 4 is 46.9 Å². The highest BCUT2D eigenvalue weighted by Gasteiger charge is 2.41. The molecule has 1 unspecified atom stereocenters. The van der Waals surface area contributed by atoms with Crippen molar-refractivity contribution in [3.8, 4) is 0 Å². The SMILES string of the molecule is CN1CCC(O)(C(CN2CCOCC2)c2ccc(Cl)c(Cl)c2)CC1.ClOCl. The summed E-state index contributed by atoms with van der Waals surface area (Å²) in [4.78, 5) is 4.65. The molecule has 0 radical (unpaired) electrons. The van der Waals surface area contributed by atoms with Crippen LogP contribution in [-0.4, -0.2) is 73.5 Å². The first-order chi connectivity index (χ1) is 12.9. The van der Waals surface area contributed by atoms with Crippen LogP contribution < -0.4 is 0 Å². The topological polar surface area (TPSA) is 45.2 Å². The van der Waals surface area contributed by atoms with Crippen LogP contribution in [0.3, 0.4) is 0 Å². The lowest BCUT2D eigenvalue weighted by Gasteiger charge is -2.44. The minimum absolute atomic E-state index is 0.0269. The second-order valence-corrected chi connectivity index (χ2v) is 8.39. The molecule has 27 heavy (non-hydrogen) atoms. The Morgan fingerprint density at radius 1 is 1.11 bits per heavy atom. The Hall–Kier alpha value is 0.180. The Morgan fingerprint density at radius 2 is 1.70 bits per heavy atom. The minimum Gasteiger partial charge on any atom is -0.389 e. The lowest BCUT2D eigenvalue weighted by atomic mass is 9.75. The largest absolute Gasteiger partial charge is 0.389 e. The van der Waals surface area contributed by atoms with Crippen molar-refractivity contribution in [3.63, 3.8) is 0 Å². The molecule has 0 aliphatic carbocycles. The Kier molecular flexibility index (Phi) is 9.89. The summed E-state index contributed by atoms with van der Waals surface area (Å²) in [6.07, 6.45) is 1.55. The molecule has 5 nitrogen and oxygen atoms in total. The number of likely N-dealkylation sites (tertiary alicyclic amines) is 1. The van der Waals surface area contributed by atoms with Gasteiger partial charge in [-0.1, -0.05) is 29.3 Å². The number of rotatable bonds is 4. The molecular weight excluding hydrogens is 434 g/mol. The van der Waals surface area contributed by atoms with E-state index in [-0.39, 0.29) is 5.92 Å². The molecule has 0 saturated carbocycles. The van der Waals surface area contributed by atoms with Crippen molar-refractivity contribution in [2.75, 3.05) is 53.0 Å². The number of ether oxygens (including phenoxy) is 1. The lowest BCUT2D eigenvalue weighted by Crippen LogP contribution is -2.51. The van der Waals surface area contributed by atoms with E-state index in [1.165, 1.54) is 0 Å². The minimum atomic E-state index is -0.706. The molecule has 1 aromatic rings. The zero-order chi connectivity index (χ0) is 19.9. The van der Waals surface area contributed by atoms with E-state index in [0.717, 1.165) is 64.3 Å². The number of benzene rings is 1. The first-order valence-electron chi connectivity index (χ1n) is 8.95. The van der Waals surface area contributed by atoms with Crippen LogP contribution >= 0.6 is 46.9 Å². The molecule has 2 fully saturated rings. The molecule has 2 aliphatic heterocycles. The van der Waals surface area contributed by atoms with Gasteiger partial charge in [-0.05, 0) is 37.6 Å². The first kappa shape index (κ1) is 23.5. The second kappa shape index (κ2) is 11.4. The normalized spacial score (nSPS) is 22.0. The van der Waals surface area contributed by atoms with E-state index in [2.05, 4.69) is 44.4 Å². The summed E-state index contributed by atoms with van der Waals surface area (Å²) < 4.78 is 8.65. The molecule has 2 heterocycles. The molecule has 2 saturated heterocycles. The van der Waals surface area contributed by atoms with Gasteiger partial charge in [-0.3, -0.25) is 4.90 Å². The number of nitrogens with zero attached hydrogens (tertiary/aromatic N) is 2. The number of aliphatic hydroxyl groups is 1. The fourth-order valence-corrected chi connectivity index (χ4v) is 4.02. The number of morpholine rings is 1. The molecule has 0 aromatic heterocycles. The van der Waals surface area contributed by atoms with E-state index in [0.29, 0.717) is 10.0 Å². The molecule has 3 rings (SSSR count). The molecule has 1 atom stereocenters. The van der Waals surface area contributed by atoms with E-state index < -0.39 is 5.60 Å². The van der Waals surface area contributed by atoms with Gasteiger partial charge in [0, 0.05) is 38.6 Å². The Balaban J connectivity index is 0.000000817. The maximum atomic E-state index is 11.4. The van der Waals surface area contributed by atoms with Crippen molar-refractivity contribution in [2.24, 2.45) is 0 Å². The van der Waals surface area contributed by atoms with Gasteiger partial charge < -0.3 is 14.7 Å². The van der Waals surface area contributed by atoms with E-state index in [1.807, 2.05) is 18.2 Å². The van der Waals surface area contributed by atoms with E-state index in [1.54, 1.807) is 0 Å². The highest BCUT2D eigenvalue weighted by molar-refractivity contribution is 6.42. The second-order valence-electron chi connectivity index (χ2n) is 7.10. The van der Waals surface area contributed by atoms with Crippen LogP contribution in [-0.2, 0) is 8.58 Å². The molecule has 0 bridgehead atoms. The average molecular weight is 460 g/mol. The monoisotopic (exact) mass is 458 g/mol. The van der Waals surface area contributed by atoms with Gasteiger partial charge in [-0.25, -0.2) is 0 Å². The average Bonchev–Trinajstić information content (AvgIpc) is 2.66. The van der Waals surface area contributed by atoms with Gasteiger partial charge in [0.05, 0.1) is 52.6 Å². The highest BCUT2D eigenvalue weighted by atomic mass is 35.6. The van der Waals surface area contributed by atoms with Crippen LogP contribution in [0.4, 0.5) is 0 Å². The van der Waals surface area contributed by atoms with Gasteiger partial charge in [0.25, 0.3) is 0 Å². The van der Waals surface area contributed by atoms with Crippen molar-refractivity contribution in [1.82, 2.24) is 9.80 Å². The van der Waals surface area contributed by atoms with E-state index in [4.69, 9.17) is 27.9 Å². The smallest absolute Gasteiger partial charge is 0.0832 e. The maximum absolute atomic E-state index is 11.4. The zero-order valence-electron chi connectivity index (χ0n) is 15.3. The lowest BCUT2D eigenvalue weighted by molar-refractivity contribution is -0.0537. The van der Waals surface area contributed by atoms with Gasteiger partial charge >= 0.3 is 0 Å². The van der Waals surface area contributed by atoms with E-state index in [9.17, 15) is 5.11 Å². The molecule has 0 amide bonds. The van der Waals surface area contributed by atoms with Crippen molar-refractivity contribution in [1.29, 1.82) is 0 Å². The van der Waals surface area contributed by atoms with Gasteiger partial charge in [0.15, 0.2) is 0 Å². The predicted molar refractivity (Wildman–Crippen MR) is 111 cm³/mol. The van der Waals surface area contributed by atoms with E-state index >= 15 is 0 Å². The van der Waals surface area contributed by atoms with Gasteiger partial charge in [-0.2, -0.15) is 3.84 Å². The van der Waals surface area contributed by atoms with Gasteiger partial charge in [0.1, 0.15) is 0 Å². The number of hydrogen-bond acceptors (Lipinski definition) is 5. The summed E-state index contributed by atoms with van der Waals surface area (Å²) in [5.74, 6) is 0.0269. The molecule has 1 N–H and O–H groups in total. The summed E-state index contributed by atoms with van der Waals surface area (Å²) in [5, 5.41) is 12.5. The summed E-state index contributed by atoms with van der Waals surface area (Å²) in [6, 6.07) is 5.77. The third kappa shape index (κ3) is 6.88. The van der Waals surface area contributed by atoms with Gasteiger partial charge in [-0.15, -0.1) is 0 Å². The summed E-state index contributed by atoms with van der Waals surface area (Å²) >= 11 is 20.9. The first-order valence-corrected chi connectivity index (χ1v) is 10.3. The third-order valence-corrected chi connectivity index (χ3v) is 6.13. The fraction of sp³-hybridized carbons (Fsp3) is 0.667. The zero-order valence-corrected chi connectivity index (χ0v) is 18.4. The molecule has 9 heteroatoms. The standard InChI is InChI=1S/C18H26Cl2N2O2.Cl2O/c1-21-6-4-18(23,5-7-21)15(13-22-8-10-24-11-9-22)14-2-3-16(19)17(20)12-14;1-3-2/h2-3,12,15,23H,4-11,13H2,1H3;. The molecular formula is C18H26Cl4N2O3.